The number of hydrogen-bond donors (Lipinski definition) is 2. The van der Waals surface area contributed by atoms with Crippen LogP contribution in [-0.4, -0.2) is 40.8 Å². The molecule has 0 aromatic rings. The number of β-amino-alcohol motifs (C(OH)–C–C–N with tert-alkyl or cyclic N) is 1. The molecule has 1 aliphatic heterocycles. The molecule has 3 heteroatoms. The largest absolute Gasteiger partial charge is 0.388 e. The van der Waals surface area contributed by atoms with E-state index in [0.717, 1.165) is 25.4 Å². The average molecular weight is 212 g/mol. The van der Waals surface area contributed by atoms with Crippen LogP contribution in [0.25, 0.3) is 0 Å². The van der Waals surface area contributed by atoms with Crippen molar-refractivity contribution < 1.29 is 5.11 Å². The van der Waals surface area contributed by atoms with Crippen LogP contribution in [0.2, 0.25) is 0 Å². The molecule has 3 N–H and O–H groups in total. The first-order chi connectivity index (χ1) is 7.10. The van der Waals surface area contributed by atoms with Gasteiger partial charge in [0.05, 0.1) is 5.60 Å². The molecule has 1 saturated heterocycles. The summed E-state index contributed by atoms with van der Waals surface area (Å²) in [7, 11) is 0. The molecule has 2 fully saturated rings. The number of likely N-dealkylation sites (tertiary alicyclic amines) is 1. The Balaban J connectivity index is 2.04. The van der Waals surface area contributed by atoms with Crippen molar-refractivity contribution in [3.63, 3.8) is 0 Å². The van der Waals surface area contributed by atoms with Crippen molar-refractivity contribution in [3.05, 3.63) is 0 Å². The summed E-state index contributed by atoms with van der Waals surface area (Å²) in [6, 6.07) is 1.28. The Morgan fingerprint density at radius 1 is 1.53 bits per heavy atom. The first-order valence-corrected chi connectivity index (χ1v) is 6.29. The van der Waals surface area contributed by atoms with E-state index in [2.05, 4.69) is 18.7 Å². The minimum atomic E-state index is -0.522. The van der Waals surface area contributed by atoms with Crippen LogP contribution in [0.4, 0.5) is 0 Å². The second kappa shape index (κ2) is 4.04. The molecule has 88 valence electrons. The van der Waals surface area contributed by atoms with E-state index >= 15 is 0 Å². The van der Waals surface area contributed by atoms with E-state index in [9.17, 15) is 5.11 Å². The second-order valence-corrected chi connectivity index (χ2v) is 5.40. The van der Waals surface area contributed by atoms with Crippen LogP contribution < -0.4 is 5.73 Å². The summed E-state index contributed by atoms with van der Waals surface area (Å²) in [5, 5.41) is 10.6. The van der Waals surface area contributed by atoms with Crippen LogP contribution in [0.1, 0.15) is 39.5 Å². The average Bonchev–Trinajstić information content (AvgIpc) is 2.95. The Morgan fingerprint density at radius 3 is 2.67 bits per heavy atom. The number of nitrogens with zero attached hydrogens (tertiary/aromatic N) is 1. The summed E-state index contributed by atoms with van der Waals surface area (Å²) in [6.07, 6.45) is 4.52. The zero-order valence-corrected chi connectivity index (χ0v) is 9.95. The first-order valence-electron chi connectivity index (χ1n) is 6.29. The molecule has 2 aliphatic rings. The Kier molecular flexibility index (Phi) is 3.06. The van der Waals surface area contributed by atoms with Crippen molar-refractivity contribution in [1.82, 2.24) is 4.90 Å². The van der Waals surface area contributed by atoms with Gasteiger partial charge in [-0.1, -0.05) is 6.92 Å². The standard InChI is InChI=1S/C12H24N2O/c1-3-10(7-13)12(15)6-9(2)14(8-12)11-4-5-11/h9-11,15H,3-8,13H2,1-2H3. The summed E-state index contributed by atoms with van der Waals surface area (Å²) >= 11 is 0. The third-order valence-corrected chi connectivity index (χ3v) is 4.22. The predicted molar refractivity (Wildman–Crippen MR) is 61.6 cm³/mol. The Bertz CT molecular complexity index is 226. The molecule has 1 saturated carbocycles. The number of hydrogen-bond acceptors (Lipinski definition) is 3. The van der Waals surface area contributed by atoms with Gasteiger partial charge in [-0.15, -0.1) is 0 Å². The SMILES string of the molecule is CCC(CN)C1(O)CC(C)N(C2CC2)C1. The summed E-state index contributed by atoms with van der Waals surface area (Å²) in [4.78, 5) is 2.48. The monoisotopic (exact) mass is 212 g/mol. The van der Waals surface area contributed by atoms with Crippen molar-refractivity contribution in [2.45, 2.75) is 57.2 Å². The quantitative estimate of drug-likeness (QED) is 0.730. The van der Waals surface area contributed by atoms with Crippen LogP contribution in [0.3, 0.4) is 0 Å². The molecule has 15 heavy (non-hydrogen) atoms. The van der Waals surface area contributed by atoms with Gasteiger partial charge in [-0.3, -0.25) is 4.90 Å². The zero-order valence-electron chi connectivity index (χ0n) is 9.95. The van der Waals surface area contributed by atoms with Gasteiger partial charge < -0.3 is 10.8 Å². The molecule has 0 amide bonds. The number of rotatable bonds is 4. The highest BCUT2D eigenvalue weighted by atomic mass is 16.3. The van der Waals surface area contributed by atoms with Crippen LogP contribution in [0, 0.1) is 5.92 Å². The molecule has 0 radical (unpaired) electrons. The second-order valence-electron chi connectivity index (χ2n) is 5.40. The summed E-state index contributed by atoms with van der Waals surface area (Å²) in [5.74, 6) is 0.267. The maximum Gasteiger partial charge on any atom is 0.0828 e. The van der Waals surface area contributed by atoms with Gasteiger partial charge >= 0.3 is 0 Å². The third-order valence-electron chi connectivity index (χ3n) is 4.22. The Hall–Kier alpha value is -0.120. The lowest BCUT2D eigenvalue weighted by molar-refractivity contribution is -0.00802. The van der Waals surface area contributed by atoms with Gasteiger partial charge in [0.2, 0.25) is 0 Å². The first kappa shape index (κ1) is 11.4. The molecule has 3 nitrogen and oxygen atoms in total. The van der Waals surface area contributed by atoms with Gasteiger partial charge in [-0.05, 0) is 39.2 Å². The van der Waals surface area contributed by atoms with Crippen LogP contribution in [-0.2, 0) is 0 Å². The Labute approximate surface area is 92.6 Å². The van der Waals surface area contributed by atoms with Gasteiger partial charge in [-0.25, -0.2) is 0 Å². The molecule has 0 bridgehead atoms. The van der Waals surface area contributed by atoms with Gasteiger partial charge in [0, 0.05) is 24.5 Å². The van der Waals surface area contributed by atoms with Gasteiger partial charge in [0.15, 0.2) is 0 Å². The topological polar surface area (TPSA) is 49.5 Å². The zero-order chi connectivity index (χ0) is 11.1. The van der Waals surface area contributed by atoms with Gasteiger partial charge in [-0.2, -0.15) is 0 Å². The van der Waals surface area contributed by atoms with E-state index in [-0.39, 0.29) is 5.92 Å². The highest BCUT2D eigenvalue weighted by Crippen LogP contribution is 2.40. The number of aliphatic hydroxyl groups is 1. The number of nitrogens with two attached hydrogens (primary N) is 1. The van der Waals surface area contributed by atoms with Gasteiger partial charge in [0.1, 0.15) is 0 Å². The molecule has 1 heterocycles. The highest BCUT2D eigenvalue weighted by molar-refractivity contribution is 5.03. The van der Waals surface area contributed by atoms with Crippen LogP contribution in [0.15, 0.2) is 0 Å². The van der Waals surface area contributed by atoms with Crippen molar-refractivity contribution >= 4 is 0 Å². The summed E-state index contributed by atoms with van der Waals surface area (Å²) < 4.78 is 0. The molecule has 2 rings (SSSR count). The molecule has 0 aromatic heterocycles. The van der Waals surface area contributed by atoms with Crippen molar-refractivity contribution in [2.75, 3.05) is 13.1 Å². The molecule has 1 aliphatic carbocycles. The fourth-order valence-electron chi connectivity index (χ4n) is 3.12. The normalized spacial score (nSPS) is 39.6. The van der Waals surface area contributed by atoms with E-state index < -0.39 is 5.60 Å². The van der Waals surface area contributed by atoms with E-state index in [1.807, 2.05) is 0 Å². The lowest BCUT2D eigenvalue weighted by atomic mass is 9.83. The minimum absolute atomic E-state index is 0.267. The molecule has 3 atom stereocenters. The molecular formula is C12H24N2O. The van der Waals surface area contributed by atoms with Crippen LogP contribution >= 0.6 is 0 Å². The van der Waals surface area contributed by atoms with E-state index in [4.69, 9.17) is 5.73 Å². The van der Waals surface area contributed by atoms with Crippen molar-refractivity contribution in [2.24, 2.45) is 11.7 Å². The smallest absolute Gasteiger partial charge is 0.0828 e. The lowest BCUT2D eigenvalue weighted by Crippen LogP contribution is -2.44. The van der Waals surface area contributed by atoms with E-state index in [1.165, 1.54) is 12.8 Å². The predicted octanol–water partition coefficient (Wildman–Crippen LogP) is 0.959. The minimum Gasteiger partial charge on any atom is -0.388 e. The van der Waals surface area contributed by atoms with E-state index in [0.29, 0.717) is 12.6 Å². The fourth-order valence-corrected chi connectivity index (χ4v) is 3.12. The molecular weight excluding hydrogens is 188 g/mol. The summed E-state index contributed by atoms with van der Waals surface area (Å²) in [5.41, 5.74) is 5.23. The highest BCUT2D eigenvalue weighted by Gasteiger charge is 2.48. The van der Waals surface area contributed by atoms with Crippen molar-refractivity contribution in [1.29, 1.82) is 0 Å². The fraction of sp³-hybridized carbons (Fsp3) is 1.00. The van der Waals surface area contributed by atoms with E-state index in [1.54, 1.807) is 0 Å². The van der Waals surface area contributed by atoms with Crippen molar-refractivity contribution in [3.8, 4) is 0 Å². The third kappa shape index (κ3) is 2.05. The molecule has 3 unspecified atom stereocenters. The summed E-state index contributed by atoms with van der Waals surface area (Å²) in [6.45, 7) is 5.81. The maximum absolute atomic E-state index is 10.6. The molecule has 0 spiro atoms. The van der Waals surface area contributed by atoms with Crippen LogP contribution in [0.5, 0.6) is 0 Å². The molecule has 0 aromatic carbocycles. The maximum atomic E-state index is 10.6. The van der Waals surface area contributed by atoms with Gasteiger partial charge in [0.25, 0.3) is 0 Å². The lowest BCUT2D eigenvalue weighted by Gasteiger charge is -2.31. The Morgan fingerprint density at radius 2 is 2.20 bits per heavy atom.